The van der Waals surface area contributed by atoms with Gasteiger partial charge in [-0.25, -0.2) is 4.98 Å². The largest absolute Gasteiger partial charge is 0.317 e. The Kier molecular flexibility index (Phi) is 4.76. The molecule has 0 radical (unpaired) electrons. The predicted molar refractivity (Wildman–Crippen MR) is 78.1 cm³/mol. The molecule has 1 fully saturated rings. The van der Waals surface area contributed by atoms with Crippen LogP contribution in [0.4, 0.5) is 0 Å². The summed E-state index contributed by atoms with van der Waals surface area (Å²) in [5, 5.41) is 6.77. The highest BCUT2D eigenvalue weighted by Crippen LogP contribution is 2.29. The molecular formula is C14H25N3S. The minimum absolute atomic E-state index is 0.436. The maximum absolute atomic E-state index is 4.62. The second-order valence-electron chi connectivity index (χ2n) is 5.43. The molecule has 0 spiro atoms. The van der Waals surface area contributed by atoms with Gasteiger partial charge in [0.25, 0.3) is 0 Å². The third-order valence-electron chi connectivity index (χ3n) is 4.36. The van der Waals surface area contributed by atoms with Crippen molar-refractivity contribution in [2.24, 2.45) is 0 Å². The summed E-state index contributed by atoms with van der Waals surface area (Å²) in [5.74, 6) is 0. The van der Waals surface area contributed by atoms with Gasteiger partial charge in [-0.3, -0.25) is 4.90 Å². The molecule has 18 heavy (non-hydrogen) atoms. The van der Waals surface area contributed by atoms with Crippen LogP contribution in [0.3, 0.4) is 0 Å². The summed E-state index contributed by atoms with van der Waals surface area (Å²) < 4.78 is 0. The first-order valence-corrected chi connectivity index (χ1v) is 7.81. The lowest BCUT2D eigenvalue weighted by atomic mass is 9.90. The smallest absolute Gasteiger partial charge is 0.0898 e. The summed E-state index contributed by atoms with van der Waals surface area (Å²) >= 11 is 1.75. The number of aryl methyl sites for hydroxylation is 1. The van der Waals surface area contributed by atoms with Crippen molar-refractivity contribution in [2.75, 3.05) is 14.1 Å². The molecule has 1 atom stereocenters. The Morgan fingerprint density at radius 2 is 2.06 bits per heavy atom. The molecule has 1 aliphatic carbocycles. The number of nitrogens with zero attached hydrogens (tertiary/aromatic N) is 2. The highest BCUT2D eigenvalue weighted by atomic mass is 32.1. The predicted octanol–water partition coefficient (Wildman–Crippen LogP) is 2.97. The van der Waals surface area contributed by atoms with Gasteiger partial charge in [-0.05, 0) is 53.6 Å². The number of nitrogens with one attached hydrogen (secondary N) is 1. The Bertz CT molecular complexity index is 369. The average Bonchev–Trinajstić information content (AvgIpc) is 2.84. The van der Waals surface area contributed by atoms with Crippen LogP contribution in [-0.4, -0.2) is 36.1 Å². The summed E-state index contributed by atoms with van der Waals surface area (Å²) in [6, 6.07) is 1.88. The van der Waals surface area contributed by atoms with E-state index in [-0.39, 0.29) is 0 Å². The van der Waals surface area contributed by atoms with Gasteiger partial charge in [0.2, 0.25) is 0 Å². The molecule has 0 aliphatic heterocycles. The van der Waals surface area contributed by atoms with Crippen LogP contribution in [-0.2, 0) is 0 Å². The minimum atomic E-state index is 0.436. The zero-order valence-electron chi connectivity index (χ0n) is 11.9. The molecule has 0 amide bonds. The maximum Gasteiger partial charge on any atom is 0.0898 e. The van der Waals surface area contributed by atoms with E-state index in [1.807, 2.05) is 0 Å². The third-order valence-corrected chi connectivity index (χ3v) is 5.15. The number of rotatable bonds is 4. The van der Waals surface area contributed by atoms with Gasteiger partial charge in [-0.15, -0.1) is 11.3 Å². The molecule has 1 aromatic heterocycles. The van der Waals surface area contributed by atoms with Crippen molar-refractivity contribution in [2.45, 2.75) is 57.7 Å². The lowest BCUT2D eigenvalue weighted by molar-refractivity contribution is 0.134. The first-order valence-electron chi connectivity index (χ1n) is 6.93. The summed E-state index contributed by atoms with van der Waals surface area (Å²) in [6.45, 7) is 4.36. The Balaban J connectivity index is 1.93. The fraction of sp³-hybridized carbons (Fsp3) is 0.786. The summed E-state index contributed by atoms with van der Waals surface area (Å²) in [4.78, 5) is 7.14. The monoisotopic (exact) mass is 267 g/mol. The van der Waals surface area contributed by atoms with Crippen LogP contribution in [0.1, 0.15) is 49.4 Å². The number of aromatic nitrogens is 1. The Morgan fingerprint density at radius 3 is 2.56 bits per heavy atom. The Morgan fingerprint density at radius 1 is 1.39 bits per heavy atom. The maximum atomic E-state index is 4.62. The van der Waals surface area contributed by atoms with E-state index in [0.717, 1.165) is 6.04 Å². The zero-order chi connectivity index (χ0) is 13.1. The third kappa shape index (κ3) is 3.11. The molecule has 1 heterocycles. The van der Waals surface area contributed by atoms with Crippen LogP contribution in [0.5, 0.6) is 0 Å². The van der Waals surface area contributed by atoms with Crippen molar-refractivity contribution >= 4 is 11.3 Å². The Hall–Kier alpha value is -0.450. The van der Waals surface area contributed by atoms with E-state index in [0.29, 0.717) is 12.1 Å². The van der Waals surface area contributed by atoms with Gasteiger partial charge in [0.1, 0.15) is 0 Å². The van der Waals surface area contributed by atoms with E-state index in [1.54, 1.807) is 11.3 Å². The van der Waals surface area contributed by atoms with Crippen molar-refractivity contribution < 1.29 is 0 Å². The van der Waals surface area contributed by atoms with Crippen LogP contribution in [0, 0.1) is 6.92 Å². The van der Waals surface area contributed by atoms with Gasteiger partial charge in [0, 0.05) is 17.5 Å². The van der Waals surface area contributed by atoms with Gasteiger partial charge in [0.15, 0.2) is 0 Å². The van der Waals surface area contributed by atoms with Crippen LogP contribution in [0.25, 0.3) is 0 Å². The van der Waals surface area contributed by atoms with Gasteiger partial charge in [-0.2, -0.15) is 0 Å². The van der Waals surface area contributed by atoms with E-state index in [1.165, 1.54) is 36.4 Å². The molecule has 4 heteroatoms. The first kappa shape index (κ1) is 14.0. The molecule has 102 valence electrons. The summed E-state index contributed by atoms with van der Waals surface area (Å²) in [7, 11) is 4.33. The van der Waals surface area contributed by atoms with E-state index < -0.39 is 0 Å². The van der Waals surface area contributed by atoms with Crippen molar-refractivity contribution in [3.05, 3.63) is 16.1 Å². The molecule has 0 bridgehead atoms. The summed E-state index contributed by atoms with van der Waals surface area (Å²) in [6.07, 6.45) is 5.20. The minimum Gasteiger partial charge on any atom is -0.317 e. The van der Waals surface area contributed by atoms with E-state index in [2.05, 4.69) is 48.5 Å². The average molecular weight is 267 g/mol. The molecule has 1 unspecified atom stereocenters. The van der Waals surface area contributed by atoms with Crippen LogP contribution < -0.4 is 5.32 Å². The van der Waals surface area contributed by atoms with Crippen molar-refractivity contribution in [1.82, 2.24) is 15.2 Å². The first-order chi connectivity index (χ1) is 8.61. The van der Waals surface area contributed by atoms with Gasteiger partial charge in [-0.1, -0.05) is 0 Å². The standard InChI is InChI=1S/C14H25N3S/c1-10(14-9-18-11(2)16-14)17(4)13-7-5-12(15-3)6-8-13/h9-10,12-13,15H,5-8H2,1-4H3. The van der Waals surface area contributed by atoms with Crippen molar-refractivity contribution in [1.29, 1.82) is 0 Å². The van der Waals surface area contributed by atoms with Crippen LogP contribution in [0.2, 0.25) is 0 Å². The normalized spacial score (nSPS) is 26.5. The summed E-state index contributed by atoms with van der Waals surface area (Å²) in [5.41, 5.74) is 1.23. The molecule has 1 aromatic rings. The van der Waals surface area contributed by atoms with Crippen molar-refractivity contribution in [3.8, 4) is 0 Å². The van der Waals surface area contributed by atoms with E-state index in [4.69, 9.17) is 0 Å². The second kappa shape index (κ2) is 6.13. The van der Waals surface area contributed by atoms with Gasteiger partial charge < -0.3 is 5.32 Å². The van der Waals surface area contributed by atoms with Crippen LogP contribution in [0.15, 0.2) is 5.38 Å². The molecule has 0 saturated heterocycles. The molecule has 3 nitrogen and oxygen atoms in total. The Labute approximate surface area is 115 Å². The fourth-order valence-electron chi connectivity index (χ4n) is 2.87. The molecular weight excluding hydrogens is 242 g/mol. The molecule has 0 aromatic carbocycles. The number of thiazole rings is 1. The quantitative estimate of drug-likeness (QED) is 0.909. The lowest BCUT2D eigenvalue weighted by Gasteiger charge is -2.37. The molecule has 1 aliphatic rings. The highest BCUT2D eigenvalue weighted by Gasteiger charge is 2.26. The molecule has 1 N–H and O–H groups in total. The van der Waals surface area contributed by atoms with E-state index >= 15 is 0 Å². The topological polar surface area (TPSA) is 28.2 Å². The van der Waals surface area contributed by atoms with E-state index in [9.17, 15) is 0 Å². The SMILES string of the molecule is CNC1CCC(N(C)C(C)c2csc(C)n2)CC1. The molecule has 1 saturated carbocycles. The molecule has 2 rings (SSSR count). The van der Waals surface area contributed by atoms with Crippen molar-refractivity contribution in [3.63, 3.8) is 0 Å². The fourth-order valence-corrected chi connectivity index (χ4v) is 3.57. The van der Waals surface area contributed by atoms with Crippen LogP contribution >= 0.6 is 11.3 Å². The van der Waals surface area contributed by atoms with Gasteiger partial charge >= 0.3 is 0 Å². The number of hydrogen-bond acceptors (Lipinski definition) is 4. The second-order valence-corrected chi connectivity index (χ2v) is 6.49. The zero-order valence-corrected chi connectivity index (χ0v) is 12.8. The number of hydrogen-bond donors (Lipinski definition) is 1. The highest BCUT2D eigenvalue weighted by molar-refractivity contribution is 7.09. The van der Waals surface area contributed by atoms with Gasteiger partial charge in [0.05, 0.1) is 16.7 Å². The lowest BCUT2D eigenvalue weighted by Crippen LogP contribution is -2.40.